The van der Waals surface area contributed by atoms with Crippen LogP contribution in [-0.2, 0) is 4.79 Å². The Labute approximate surface area is 289 Å². The number of carbonyl (C=O) groups is 1. The van der Waals surface area contributed by atoms with E-state index in [4.69, 9.17) is 36.0 Å². The fourth-order valence-corrected chi connectivity index (χ4v) is 8.15. The summed E-state index contributed by atoms with van der Waals surface area (Å²) in [7, 11) is 0. The maximum atomic E-state index is 14.6. The van der Waals surface area contributed by atoms with E-state index in [0.29, 0.717) is 65.8 Å². The zero-order valence-corrected chi connectivity index (χ0v) is 27.9. The molecule has 3 saturated heterocycles. The summed E-state index contributed by atoms with van der Waals surface area (Å²) in [6.45, 7) is 6.42. The van der Waals surface area contributed by atoms with Crippen LogP contribution in [0.15, 0.2) is 55.3 Å². The quantitative estimate of drug-likeness (QED) is 0.193. The van der Waals surface area contributed by atoms with Gasteiger partial charge in [-0.05, 0) is 49.8 Å². The third kappa shape index (κ3) is 5.81. The Balaban J connectivity index is 1.27. The lowest BCUT2D eigenvalue weighted by molar-refractivity contribution is -0.128. The van der Waals surface area contributed by atoms with Crippen molar-refractivity contribution in [3.05, 3.63) is 60.3 Å². The fraction of sp³-hybridized carbons (Fsp3) is 0.432. The van der Waals surface area contributed by atoms with Crippen molar-refractivity contribution in [2.45, 2.75) is 62.4 Å². The minimum absolute atomic E-state index is 0.0266. The molecule has 49 heavy (non-hydrogen) atoms. The van der Waals surface area contributed by atoms with Crippen LogP contribution >= 0.6 is 11.6 Å². The smallest absolute Gasteiger partial charge is 0.319 e. The first kappa shape index (κ1) is 31.7. The van der Waals surface area contributed by atoms with Crippen LogP contribution in [0.3, 0.4) is 0 Å². The van der Waals surface area contributed by atoms with Crippen LogP contribution in [0.1, 0.15) is 38.5 Å². The number of rotatable bonds is 9. The van der Waals surface area contributed by atoms with Crippen LogP contribution in [0.2, 0.25) is 5.02 Å². The summed E-state index contributed by atoms with van der Waals surface area (Å²) in [6, 6.07) is 13.8. The maximum absolute atomic E-state index is 14.6. The molecule has 0 N–H and O–H groups in total. The first-order chi connectivity index (χ1) is 23.9. The van der Waals surface area contributed by atoms with Crippen LogP contribution in [-0.4, -0.2) is 93.8 Å². The number of halogens is 2. The van der Waals surface area contributed by atoms with Crippen LogP contribution in [0.25, 0.3) is 32.9 Å². The lowest BCUT2D eigenvalue weighted by Crippen LogP contribution is -2.55. The topological polar surface area (TPSA) is 108 Å². The first-order valence-electron chi connectivity index (χ1n) is 17.0. The summed E-state index contributed by atoms with van der Waals surface area (Å²) in [6.07, 6.45) is 6.47. The second-order valence-corrected chi connectivity index (χ2v) is 14.0. The predicted molar refractivity (Wildman–Crippen MR) is 186 cm³/mol. The van der Waals surface area contributed by atoms with E-state index in [9.17, 15) is 14.4 Å². The number of aromatic nitrogens is 3. The van der Waals surface area contributed by atoms with E-state index in [0.717, 1.165) is 48.6 Å². The molecule has 2 aromatic heterocycles. The van der Waals surface area contributed by atoms with Gasteiger partial charge in [-0.15, -0.1) is 0 Å². The second kappa shape index (κ2) is 12.7. The van der Waals surface area contributed by atoms with Crippen molar-refractivity contribution in [1.82, 2.24) is 24.8 Å². The molecule has 1 aliphatic carbocycles. The Morgan fingerprint density at radius 2 is 2.00 bits per heavy atom. The van der Waals surface area contributed by atoms with Gasteiger partial charge in [0.25, 0.3) is 0 Å². The molecule has 3 atom stereocenters. The van der Waals surface area contributed by atoms with Gasteiger partial charge in [-0.25, -0.2) is 4.39 Å². The average molecular weight is 682 g/mol. The molecule has 4 aliphatic rings. The summed E-state index contributed by atoms with van der Waals surface area (Å²) in [4.78, 5) is 33.6. The molecule has 1 amide bonds. The Kier molecular flexibility index (Phi) is 8.24. The number of nitriles is 1. The number of alkyl halides is 1. The summed E-state index contributed by atoms with van der Waals surface area (Å²) in [5.41, 5.74) is 1.62. The van der Waals surface area contributed by atoms with Crippen molar-refractivity contribution in [3.63, 3.8) is 0 Å². The lowest BCUT2D eigenvalue weighted by Gasteiger charge is -2.41. The maximum Gasteiger partial charge on any atom is 0.319 e. The van der Waals surface area contributed by atoms with Crippen LogP contribution in [0.5, 0.6) is 11.8 Å². The van der Waals surface area contributed by atoms with E-state index in [1.165, 1.54) is 6.08 Å². The highest BCUT2D eigenvalue weighted by Crippen LogP contribution is 2.45. The number of carbonyl (C=O) groups excluding carboxylic acids is 1. The summed E-state index contributed by atoms with van der Waals surface area (Å²) in [5, 5.41) is 12.8. The van der Waals surface area contributed by atoms with E-state index in [-0.39, 0.29) is 42.6 Å². The molecule has 0 bridgehead atoms. The number of ether oxygens (including phenoxy) is 2. The van der Waals surface area contributed by atoms with E-state index in [1.807, 2.05) is 36.4 Å². The first-order valence-corrected chi connectivity index (χ1v) is 17.4. The van der Waals surface area contributed by atoms with E-state index in [2.05, 4.69) is 22.4 Å². The van der Waals surface area contributed by atoms with Gasteiger partial charge in [0.15, 0.2) is 5.75 Å². The van der Waals surface area contributed by atoms with E-state index in [1.54, 1.807) is 11.1 Å². The van der Waals surface area contributed by atoms with Gasteiger partial charge in [0.2, 0.25) is 5.91 Å². The van der Waals surface area contributed by atoms with Crippen molar-refractivity contribution in [3.8, 4) is 29.1 Å². The number of piperazine rings is 1. The summed E-state index contributed by atoms with van der Waals surface area (Å²) < 4.78 is 27.8. The van der Waals surface area contributed by atoms with Gasteiger partial charge in [-0.1, -0.05) is 48.5 Å². The van der Waals surface area contributed by atoms with Crippen LogP contribution in [0.4, 0.5) is 10.2 Å². The lowest BCUT2D eigenvalue weighted by atomic mass is 9.95. The van der Waals surface area contributed by atoms with Gasteiger partial charge in [0.1, 0.15) is 29.8 Å². The number of hydrogen-bond acceptors (Lipinski definition) is 9. The fourth-order valence-electron chi connectivity index (χ4n) is 7.87. The largest absolute Gasteiger partial charge is 0.486 e. The Hall–Kier alpha value is -4.53. The Morgan fingerprint density at radius 1 is 1.16 bits per heavy atom. The number of fused-ring (bicyclic) bond motifs is 3. The normalized spacial score (nSPS) is 23.9. The van der Waals surface area contributed by atoms with Crippen molar-refractivity contribution in [1.29, 1.82) is 5.26 Å². The molecule has 2 aromatic carbocycles. The van der Waals surface area contributed by atoms with Crippen molar-refractivity contribution in [2.24, 2.45) is 0 Å². The van der Waals surface area contributed by atoms with Gasteiger partial charge < -0.3 is 19.3 Å². The SMILES string of the molecule is C=CC(=O)N1CCN(c2nc(OC[C@@]34CCCN3C[C@H](F)C4)nc3c(OC4CC4)c(-c4cccc5cccc(Cl)c45)ncc23)C[C@@H]1CC#N. The molecule has 0 spiro atoms. The van der Waals surface area contributed by atoms with Crippen LogP contribution < -0.4 is 14.4 Å². The zero-order valence-electron chi connectivity index (χ0n) is 27.2. The highest BCUT2D eigenvalue weighted by Gasteiger charge is 2.49. The molecule has 0 radical (unpaired) electrons. The molecule has 4 fully saturated rings. The molecule has 5 heterocycles. The Bertz CT molecular complexity index is 2000. The molecular formula is C37H37ClFN7O3. The highest BCUT2D eigenvalue weighted by atomic mass is 35.5. The minimum atomic E-state index is -0.886. The molecule has 252 valence electrons. The summed E-state index contributed by atoms with van der Waals surface area (Å²) >= 11 is 6.79. The Morgan fingerprint density at radius 3 is 2.80 bits per heavy atom. The number of amides is 1. The molecular weight excluding hydrogens is 645 g/mol. The van der Waals surface area contributed by atoms with Gasteiger partial charge >= 0.3 is 6.01 Å². The number of pyridine rings is 1. The van der Waals surface area contributed by atoms with Gasteiger partial charge in [-0.2, -0.15) is 15.2 Å². The van der Waals surface area contributed by atoms with E-state index < -0.39 is 6.17 Å². The van der Waals surface area contributed by atoms with Gasteiger partial charge in [0.05, 0.1) is 35.6 Å². The molecule has 3 aliphatic heterocycles. The third-order valence-electron chi connectivity index (χ3n) is 10.4. The van der Waals surface area contributed by atoms with E-state index >= 15 is 0 Å². The summed E-state index contributed by atoms with van der Waals surface area (Å²) in [5.74, 6) is 0.903. The van der Waals surface area contributed by atoms with Gasteiger partial charge in [0, 0.05) is 54.8 Å². The number of nitrogens with zero attached hydrogens (tertiary/aromatic N) is 7. The molecule has 12 heteroatoms. The predicted octanol–water partition coefficient (Wildman–Crippen LogP) is 6.11. The van der Waals surface area contributed by atoms with Crippen molar-refractivity contribution < 1.29 is 18.7 Å². The highest BCUT2D eigenvalue weighted by molar-refractivity contribution is 6.36. The molecule has 8 rings (SSSR count). The van der Waals surface area contributed by atoms with Crippen molar-refractivity contribution in [2.75, 3.05) is 44.2 Å². The molecule has 4 aromatic rings. The minimum Gasteiger partial charge on any atom is -0.486 e. The molecule has 1 saturated carbocycles. The zero-order chi connectivity index (χ0) is 33.7. The van der Waals surface area contributed by atoms with Gasteiger partial charge in [-0.3, -0.25) is 14.7 Å². The average Bonchev–Trinajstić information content (AvgIpc) is 3.77. The number of hydrogen-bond donors (Lipinski definition) is 0. The van der Waals surface area contributed by atoms with Crippen LogP contribution in [0, 0.1) is 11.3 Å². The van der Waals surface area contributed by atoms with Crippen molar-refractivity contribution >= 4 is 45.0 Å². The number of anilines is 1. The molecule has 10 nitrogen and oxygen atoms in total. The second-order valence-electron chi connectivity index (χ2n) is 13.6. The standard InChI is InChI=1S/C37H37ClFN7O3/c1-2-30(47)46-17-16-44(21-25(46)12-14-40)35-28-19-41-32(27-8-3-6-23-7-4-9-29(38)31(23)27)34(49-26-10-11-26)33(28)42-36(43-35)48-22-37-13-5-15-45(37)20-24(39)18-37/h2-4,6-9,19,24-26H,1,5,10-13,15-18,20-22H2/t24-,25+,37+/m1/s1. The number of benzene rings is 2. The molecule has 0 unspecified atom stereocenters. The third-order valence-corrected chi connectivity index (χ3v) is 10.7. The monoisotopic (exact) mass is 681 g/mol.